The van der Waals surface area contributed by atoms with Gasteiger partial charge in [0, 0.05) is 10.6 Å². The smallest absolute Gasteiger partial charge is 0.130 e. The molecule has 0 saturated carbocycles. The quantitative estimate of drug-likeness (QED) is 0.791. The van der Waals surface area contributed by atoms with Gasteiger partial charge in [-0.25, -0.2) is 4.39 Å². The van der Waals surface area contributed by atoms with Gasteiger partial charge in [0.05, 0.1) is 0 Å². The van der Waals surface area contributed by atoms with Crippen molar-refractivity contribution in [3.05, 3.63) is 53.8 Å². The van der Waals surface area contributed by atoms with Gasteiger partial charge in [-0.2, -0.15) is 0 Å². The molecule has 0 radical (unpaired) electrons. The van der Waals surface area contributed by atoms with Crippen LogP contribution in [-0.2, 0) is 0 Å². The van der Waals surface area contributed by atoms with Gasteiger partial charge in [0.1, 0.15) is 11.6 Å². The van der Waals surface area contributed by atoms with Crippen LogP contribution in [0.15, 0.2) is 42.5 Å². The van der Waals surface area contributed by atoms with Gasteiger partial charge >= 0.3 is 0 Å². The average Bonchev–Trinajstić information content (AvgIpc) is 2.28. The molecule has 2 rings (SSSR count). The van der Waals surface area contributed by atoms with Crippen molar-refractivity contribution in [3.8, 4) is 5.75 Å². The standard InChI is InChI=1S/C13H12FOP/c1-9-5-4-8-12(13(9)15)16-11-7-3-2-6-10(11)14/h2-8,15-16H,1H3. The van der Waals surface area contributed by atoms with E-state index in [1.165, 1.54) is 6.07 Å². The van der Waals surface area contributed by atoms with E-state index in [1.54, 1.807) is 18.2 Å². The fraction of sp³-hybridized carbons (Fsp3) is 0.0769. The van der Waals surface area contributed by atoms with Crippen molar-refractivity contribution in [2.24, 2.45) is 0 Å². The number of aromatic hydroxyl groups is 1. The third-order valence-corrected chi connectivity index (χ3v) is 3.73. The van der Waals surface area contributed by atoms with Crippen LogP contribution in [0.2, 0.25) is 0 Å². The Labute approximate surface area is 95.7 Å². The molecular formula is C13H12FOP. The number of para-hydroxylation sites is 1. The van der Waals surface area contributed by atoms with Crippen LogP contribution in [-0.4, -0.2) is 5.11 Å². The molecule has 0 aliphatic rings. The number of phenolic OH excluding ortho intramolecular Hbond substituents is 1. The molecule has 0 amide bonds. The molecular weight excluding hydrogens is 222 g/mol. The third-order valence-electron chi connectivity index (χ3n) is 2.38. The van der Waals surface area contributed by atoms with Crippen molar-refractivity contribution in [1.29, 1.82) is 0 Å². The predicted molar refractivity (Wildman–Crippen MR) is 66.8 cm³/mol. The first kappa shape index (κ1) is 11.1. The van der Waals surface area contributed by atoms with Crippen LogP contribution in [0.5, 0.6) is 5.75 Å². The Kier molecular flexibility index (Phi) is 3.21. The van der Waals surface area contributed by atoms with Crippen molar-refractivity contribution in [2.45, 2.75) is 6.92 Å². The summed E-state index contributed by atoms with van der Waals surface area (Å²) in [7, 11) is 0.146. The molecule has 16 heavy (non-hydrogen) atoms. The van der Waals surface area contributed by atoms with Crippen LogP contribution in [0.3, 0.4) is 0 Å². The largest absolute Gasteiger partial charge is 0.507 e. The van der Waals surface area contributed by atoms with E-state index in [9.17, 15) is 9.50 Å². The van der Waals surface area contributed by atoms with Gasteiger partial charge in [-0.1, -0.05) is 45.0 Å². The lowest BCUT2D eigenvalue weighted by molar-refractivity contribution is 0.475. The second-order valence-corrected chi connectivity index (χ2v) is 4.90. The van der Waals surface area contributed by atoms with Gasteiger partial charge in [-0.05, 0) is 18.6 Å². The monoisotopic (exact) mass is 234 g/mol. The minimum atomic E-state index is -0.221. The molecule has 1 N–H and O–H groups in total. The molecule has 0 spiro atoms. The third kappa shape index (κ3) is 2.23. The maximum atomic E-state index is 13.4. The number of hydrogen-bond acceptors (Lipinski definition) is 1. The highest BCUT2D eigenvalue weighted by molar-refractivity contribution is 7.55. The second-order valence-electron chi connectivity index (χ2n) is 3.58. The summed E-state index contributed by atoms with van der Waals surface area (Å²) in [4.78, 5) is 0. The van der Waals surface area contributed by atoms with Gasteiger partial charge in [0.2, 0.25) is 0 Å². The van der Waals surface area contributed by atoms with Crippen molar-refractivity contribution < 1.29 is 9.50 Å². The highest BCUT2D eigenvalue weighted by Gasteiger charge is 2.07. The van der Waals surface area contributed by atoms with Gasteiger partial charge < -0.3 is 5.11 Å². The lowest BCUT2D eigenvalue weighted by Gasteiger charge is -2.07. The Morgan fingerprint density at radius 2 is 1.69 bits per heavy atom. The summed E-state index contributed by atoms with van der Waals surface area (Å²) in [6.07, 6.45) is 0. The normalized spacial score (nSPS) is 11.1. The summed E-state index contributed by atoms with van der Waals surface area (Å²) in [6, 6.07) is 12.2. The zero-order valence-electron chi connectivity index (χ0n) is 8.87. The number of benzene rings is 2. The second kappa shape index (κ2) is 4.63. The van der Waals surface area contributed by atoms with E-state index in [0.29, 0.717) is 5.30 Å². The summed E-state index contributed by atoms with van der Waals surface area (Å²) in [6.45, 7) is 1.84. The Morgan fingerprint density at radius 3 is 2.44 bits per heavy atom. The number of rotatable bonds is 2. The maximum absolute atomic E-state index is 13.4. The Balaban J connectivity index is 2.35. The van der Waals surface area contributed by atoms with Crippen LogP contribution < -0.4 is 10.6 Å². The van der Waals surface area contributed by atoms with E-state index in [0.717, 1.165) is 10.9 Å². The average molecular weight is 234 g/mol. The lowest BCUT2D eigenvalue weighted by Crippen LogP contribution is -2.08. The lowest BCUT2D eigenvalue weighted by atomic mass is 10.2. The van der Waals surface area contributed by atoms with Crippen LogP contribution in [0, 0.1) is 12.7 Å². The Bertz CT molecular complexity index is 511. The van der Waals surface area contributed by atoms with Gasteiger partial charge in [-0.3, -0.25) is 0 Å². The van der Waals surface area contributed by atoms with Crippen LogP contribution in [0.25, 0.3) is 0 Å². The highest BCUT2D eigenvalue weighted by atomic mass is 31.1. The molecule has 0 aromatic heterocycles. The summed E-state index contributed by atoms with van der Waals surface area (Å²) < 4.78 is 13.4. The summed E-state index contributed by atoms with van der Waals surface area (Å²) in [5.41, 5.74) is 0.821. The van der Waals surface area contributed by atoms with E-state index in [2.05, 4.69) is 0 Å². The molecule has 0 aliphatic carbocycles. The van der Waals surface area contributed by atoms with Gasteiger partial charge in [0.15, 0.2) is 0 Å². The van der Waals surface area contributed by atoms with Crippen LogP contribution in [0.1, 0.15) is 5.56 Å². The summed E-state index contributed by atoms with van der Waals surface area (Å²) >= 11 is 0. The van der Waals surface area contributed by atoms with E-state index in [-0.39, 0.29) is 20.1 Å². The molecule has 3 heteroatoms. The molecule has 0 fully saturated rings. The van der Waals surface area contributed by atoms with Crippen molar-refractivity contribution in [2.75, 3.05) is 0 Å². The molecule has 0 bridgehead atoms. The van der Waals surface area contributed by atoms with E-state index in [1.807, 2.05) is 25.1 Å². The first-order valence-electron chi connectivity index (χ1n) is 4.98. The number of hydrogen-bond donors (Lipinski definition) is 1. The molecule has 2 aromatic carbocycles. The van der Waals surface area contributed by atoms with Crippen LogP contribution in [0.4, 0.5) is 4.39 Å². The molecule has 2 aromatic rings. The number of halogens is 1. The molecule has 1 atom stereocenters. The molecule has 1 nitrogen and oxygen atoms in total. The van der Waals surface area contributed by atoms with Crippen molar-refractivity contribution >= 4 is 19.2 Å². The van der Waals surface area contributed by atoms with Gasteiger partial charge in [-0.15, -0.1) is 0 Å². The zero-order valence-corrected chi connectivity index (χ0v) is 9.87. The predicted octanol–water partition coefficient (Wildman–Crippen LogP) is 2.47. The fourth-order valence-corrected chi connectivity index (χ4v) is 2.64. The first-order chi connectivity index (χ1) is 7.68. The van der Waals surface area contributed by atoms with E-state index < -0.39 is 0 Å². The molecule has 1 unspecified atom stereocenters. The summed E-state index contributed by atoms with van der Waals surface area (Å²) in [5.74, 6) is 0.0471. The van der Waals surface area contributed by atoms with Gasteiger partial charge in [0.25, 0.3) is 0 Å². The SMILES string of the molecule is Cc1cccc(Pc2ccccc2F)c1O. The summed E-state index contributed by atoms with van der Waals surface area (Å²) in [5, 5.41) is 11.2. The topological polar surface area (TPSA) is 20.2 Å². The first-order valence-corrected chi connectivity index (χ1v) is 5.98. The zero-order chi connectivity index (χ0) is 11.5. The number of aryl methyl sites for hydroxylation is 1. The van der Waals surface area contributed by atoms with Crippen molar-refractivity contribution in [3.63, 3.8) is 0 Å². The highest BCUT2D eigenvalue weighted by Crippen LogP contribution is 2.22. The number of phenols is 1. The maximum Gasteiger partial charge on any atom is 0.130 e. The molecule has 0 saturated heterocycles. The minimum absolute atomic E-state index is 0.146. The van der Waals surface area contributed by atoms with Crippen LogP contribution >= 0.6 is 8.58 Å². The Morgan fingerprint density at radius 1 is 1.00 bits per heavy atom. The minimum Gasteiger partial charge on any atom is -0.507 e. The Hall–Kier alpha value is -1.40. The van der Waals surface area contributed by atoms with E-state index >= 15 is 0 Å². The van der Waals surface area contributed by atoms with E-state index in [4.69, 9.17) is 0 Å². The molecule has 0 heterocycles. The van der Waals surface area contributed by atoms with Crippen molar-refractivity contribution in [1.82, 2.24) is 0 Å². The molecule has 0 aliphatic heterocycles. The fourth-order valence-electron chi connectivity index (χ4n) is 1.47. The molecule has 82 valence electrons.